The Morgan fingerprint density at radius 1 is 1.31 bits per heavy atom. The van der Waals surface area contributed by atoms with E-state index in [2.05, 4.69) is 18.1 Å². The minimum Gasteiger partial charge on any atom is -0.333 e. The molecule has 26 heavy (non-hydrogen) atoms. The Labute approximate surface area is 157 Å². The summed E-state index contributed by atoms with van der Waals surface area (Å²) in [6.07, 6.45) is 3.36. The monoisotopic (exact) mass is 368 g/mol. The molecule has 1 fully saturated rings. The van der Waals surface area contributed by atoms with Gasteiger partial charge in [-0.15, -0.1) is 11.3 Å². The molecular formula is C20H24N4OS. The van der Waals surface area contributed by atoms with Crippen LogP contribution in [0.25, 0.3) is 10.2 Å². The van der Waals surface area contributed by atoms with Crippen molar-refractivity contribution in [1.29, 1.82) is 0 Å². The molecule has 1 saturated heterocycles. The highest BCUT2D eigenvalue weighted by Gasteiger charge is 2.32. The van der Waals surface area contributed by atoms with Gasteiger partial charge < -0.3 is 4.90 Å². The summed E-state index contributed by atoms with van der Waals surface area (Å²) in [5, 5.41) is 5.53. The molecule has 0 bridgehead atoms. The molecule has 3 aromatic rings. The molecule has 0 aliphatic carbocycles. The molecule has 2 aromatic heterocycles. The Morgan fingerprint density at radius 2 is 2.12 bits per heavy atom. The number of hydrogen-bond acceptors (Lipinski definition) is 4. The maximum atomic E-state index is 12.9. The highest BCUT2D eigenvalue weighted by molar-refractivity contribution is 7.18. The number of aromatic nitrogens is 3. The van der Waals surface area contributed by atoms with Gasteiger partial charge in [-0.1, -0.05) is 12.1 Å². The Bertz CT molecular complexity index is 925. The van der Waals surface area contributed by atoms with Crippen LogP contribution in [-0.2, 0) is 18.3 Å². The molecule has 6 heteroatoms. The van der Waals surface area contributed by atoms with E-state index in [0.29, 0.717) is 6.42 Å². The number of likely N-dealkylation sites (tertiary alicyclic amines) is 1. The van der Waals surface area contributed by atoms with Gasteiger partial charge in [0.1, 0.15) is 5.01 Å². The normalized spacial score (nSPS) is 17.3. The summed E-state index contributed by atoms with van der Waals surface area (Å²) in [5.41, 5.74) is 4.42. The van der Waals surface area contributed by atoms with E-state index in [1.807, 2.05) is 41.8 Å². The molecule has 1 aromatic carbocycles. The number of fused-ring (bicyclic) bond motifs is 1. The predicted octanol–water partition coefficient (Wildman–Crippen LogP) is 3.94. The molecule has 0 radical (unpaired) electrons. The van der Waals surface area contributed by atoms with Gasteiger partial charge in [-0.25, -0.2) is 4.98 Å². The zero-order chi connectivity index (χ0) is 18.3. The maximum absolute atomic E-state index is 12.9. The maximum Gasteiger partial charge on any atom is 0.223 e. The van der Waals surface area contributed by atoms with Crippen molar-refractivity contribution in [3.05, 3.63) is 46.2 Å². The summed E-state index contributed by atoms with van der Waals surface area (Å²) in [6, 6.07) is 8.34. The van der Waals surface area contributed by atoms with E-state index in [1.54, 1.807) is 11.3 Å². The smallest absolute Gasteiger partial charge is 0.223 e. The topological polar surface area (TPSA) is 51.0 Å². The second-order valence-electron chi connectivity index (χ2n) is 7.04. The Morgan fingerprint density at radius 3 is 2.85 bits per heavy atom. The van der Waals surface area contributed by atoms with Gasteiger partial charge in [0.25, 0.3) is 0 Å². The fourth-order valence-electron chi connectivity index (χ4n) is 3.91. The van der Waals surface area contributed by atoms with Gasteiger partial charge in [-0.2, -0.15) is 5.10 Å². The number of amides is 1. The molecule has 1 atom stereocenters. The van der Waals surface area contributed by atoms with Gasteiger partial charge in [0.2, 0.25) is 5.91 Å². The van der Waals surface area contributed by atoms with Crippen LogP contribution in [0.2, 0.25) is 0 Å². The standard InChI is InChI=1S/C20H24N4OS/c1-13-15(14(2)23(3)22-13)10-11-19(25)24-12-6-8-17(24)20-21-16-7-4-5-9-18(16)26-20/h4-5,7,9,17H,6,8,10-12H2,1-3H3. The number of benzene rings is 1. The number of nitrogens with zero attached hydrogens (tertiary/aromatic N) is 4. The fraction of sp³-hybridized carbons (Fsp3) is 0.450. The van der Waals surface area contributed by atoms with Crippen LogP contribution >= 0.6 is 11.3 Å². The fourth-order valence-corrected chi connectivity index (χ4v) is 5.02. The van der Waals surface area contributed by atoms with Crippen LogP contribution in [0.3, 0.4) is 0 Å². The summed E-state index contributed by atoms with van der Waals surface area (Å²) in [4.78, 5) is 19.8. The highest BCUT2D eigenvalue weighted by atomic mass is 32.1. The van der Waals surface area contributed by atoms with E-state index in [0.717, 1.165) is 47.7 Å². The number of carbonyl (C=O) groups is 1. The second kappa shape index (κ2) is 6.83. The SMILES string of the molecule is Cc1nn(C)c(C)c1CCC(=O)N1CCCC1c1nc2ccccc2s1. The Balaban J connectivity index is 1.49. The van der Waals surface area contributed by atoms with Crippen LogP contribution in [0, 0.1) is 13.8 Å². The van der Waals surface area contributed by atoms with Crippen molar-refractivity contribution in [3.8, 4) is 0 Å². The first-order chi connectivity index (χ1) is 12.5. The third kappa shape index (κ3) is 3.03. The average Bonchev–Trinajstić information content (AvgIpc) is 3.32. The summed E-state index contributed by atoms with van der Waals surface area (Å²) in [7, 11) is 1.96. The van der Waals surface area contributed by atoms with Gasteiger partial charge in [0, 0.05) is 25.7 Å². The second-order valence-corrected chi connectivity index (χ2v) is 8.10. The number of rotatable bonds is 4. The van der Waals surface area contributed by atoms with Crippen LogP contribution in [0.1, 0.15) is 47.3 Å². The van der Waals surface area contributed by atoms with Crippen LogP contribution in [0.4, 0.5) is 0 Å². The first-order valence-electron chi connectivity index (χ1n) is 9.18. The number of aryl methyl sites for hydroxylation is 2. The molecule has 1 amide bonds. The zero-order valence-corrected chi connectivity index (χ0v) is 16.3. The van der Waals surface area contributed by atoms with Crippen LogP contribution in [-0.4, -0.2) is 32.1 Å². The lowest BCUT2D eigenvalue weighted by molar-refractivity contribution is -0.132. The Kier molecular flexibility index (Phi) is 4.53. The van der Waals surface area contributed by atoms with Gasteiger partial charge in [0.15, 0.2) is 0 Å². The molecule has 0 saturated carbocycles. The van der Waals surface area contributed by atoms with Gasteiger partial charge in [0.05, 0.1) is 22.0 Å². The number of thiazole rings is 1. The minimum absolute atomic E-state index is 0.135. The molecule has 5 nitrogen and oxygen atoms in total. The van der Waals surface area contributed by atoms with Crippen molar-refractivity contribution < 1.29 is 4.79 Å². The van der Waals surface area contributed by atoms with Crippen molar-refractivity contribution in [2.45, 2.75) is 45.6 Å². The van der Waals surface area contributed by atoms with Crippen molar-refractivity contribution >= 4 is 27.5 Å². The van der Waals surface area contributed by atoms with E-state index in [1.165, 1.54) is 10.3 Å². The quantitative estimate of drug-likeness (QED) is 0.701. The molecule has 1 unspecified atom stereocenters. The van der Waals surface area contributed by atoms with E-state index in [9.17, 15) is 4.79 Å². The van der Waals surface area contributed by atoms with E-state index in [-0.39, 0.29) is 11.9 Å². The first kappa shape index (κ1) is 17.2. The molecule has 1 aliphatic heterocycles. The largest absolute Gasteiger partial charge is 0.333 e. The third-order valence-electron chi connectivity index (χ3n) is 5.42. The van der Waals surface area contributed by atoms with Crippen molar-refractivity contribution in [3.63, 3.8) is 0 Å². The number of hydrogen-bond donors (Lipinski definition) is 0. The average molecular weight is 369 g/mol. The van der Waals surface area contributed by atoms with Crippen LogP contribution in [0.15, 0.2) is 24.3 Å². The number of para-hydroxylation sites is 1. The predicted molar refractivity (Wildman–Crippen MR) is 104 cm³/mol. The van der Waals surface area contributed by atoms with Crippen LogP contribution in [0.5, 0.6) is 0 Å². The highest BCUT2D eigenvalue weighted by Crippen LogP contribution is 2.36. The molecule has 0 spiro atoms. The van der Waals surface area contributed by atoms with Crippen LogP contribution < -0.4 is 0 Å². The van der Waals surface area contributed by atoms with Crippen molar-refractivity contribution in [2.75, 3.05) is 6.54 Å². The molecule has 1 aliphatic rings. The van der Waals surface area contributed by atoms with Gasteiger partial charge >= 0.3 is 0 Å². The number of carbonyl (C=O) groups excluding carboxylic acids is 1. The molecule has 4 rings (SSSR count). The minimum atomic E-state index is 0.135. The zero-order valence-electron chi connectivity index (χ0n) is 15.5. The summed E-state index contributed by atoms with van der Waals surface area (Å²) in [5.74, 6) is 0.231. The lowest BCUT2D eigenvalue weighted by Crippen LogP contribution is -2.30. The summed E-state index contributed by atoms with van der Waals surface area (Å²) in [6.45, 7) is 4.93. The summed E-state index contributed by atoms with van der Waals surface area (Å²) >= 11 is 1.72. The first-order valence-corrected chi connectivity index (χ1v) is 10.00. The summed E-state index contributed by atoms with van der Waals surface area (Å²) < 4.78 is 3.10. The third-order valence-corrected chi connectivity index (χ3v) is 6.55. The lowest BCUT2D eigenvalue weighted by Gasteiger charge is -2.23. The molecule has 3 heterocycles. The van der Waals surface area contributed by atoms with E-state index in [4.69, 9.17) is 4.98 Å². The lowest BCUT2D eigenvalue weighted by atomic mass is 10.1. The molecule has 136 valence electrons. The molecular weight excluding hydrogens is 344 g/mol. The van der Waals surface area contributed by atoms with Gasteiger partial charge in [-0.3, -0.25) is 9.48 Å². The van der Waals surface area contributed by atoms with E-state index < -0.39 is 0 Å². The van der Waals surface area contributed by atoms with Gasteiger partial charge in [-0.05, 0) is 50.8 Å². The van der Waals surface area contributed by atoms with Crippen molar-refractivity contribution in [1.82, 2.24) is 19.7 Å². The van der Waals surface area contributed by atoms with E-state index >= 15 is 0 Å². The van der Waals surface area contributed by atoms with Crippen molar-refractivity contribution in [2.24, 2.45) is 7.05 Å². The molecule has 0 N–H and O–H groups in total. The Hall–Kier alpha value is -2.21.